The third-order valence-electron chi connectivity index (χ3n) is 9.33. The van der Waals surface area contributed by atoms with Crippen LogP contribution in [0.2, 0.25) is 10.6 Å². The number of rotatable bonds is 39. The van der Waals surface area contributed by atoms with Gasteiger partial charge in [0.1, 0.15) is 6.61 Å². The van der Waals surface area contributed by atoms with Gasteiger partial charge in [-0.25, -0.2) is 0 Å². The molecule has 0 aliphatic rings. The molecule has 1 N–H and O–H groups in total. The topological polar surface area (TPSA) is 162 Å². The summed E-state index contributed by atoms with van der Waals surface area (Å²) in [5.74, 6) is -0.872. The first-order valence-corrected chi connectivity index (χ1v) is 23.6. The average molecular weight is 862 g/mol. The van der Waals surface area contributed by atoms with Gasteiger partial charge < -0.3 is 28.7 Å². The summed E-state index contributed by atoms with van der Waals surface area (Å²) in [5.41, 5.74) is 0. The zero-order valence-corrected chi connectivity index (χ0v) is 39.4. The van der Waals surface area contributed by atoms with Crippen LogP contribution in [0.1, 0.15) is 194 Å². The van der Waals surface area contributed by atoms with Crippen LogP contribution in [0.4, 0.5) is 5.95 Å². The van der Waals surface area contributed by atoms with E-state index in [4.69, 9.17) is 41.7 Å². The Hall–Kier alpha value is -0.560. The zero-order chi connectivity index (χ0) is 40.2. The van der Waals surface area contributed by atoms with Gasteiger partial charge in [-0.2, -0.15) is 15.0 Å². The summed E-state index contributed by atoms with van der Waals surface area (Å²) in [5, 5.41) is 2.47. The van der Waals surface area contributed by atoms with Crippen molar-refractivity contribution < 1.29 is 67.1 Å². The maximum Gasteiger partial charge on any atom is 1.00 e. The molecule has 0 saturated carbocycles. The Kier molecular flexibility index (Phi) is 38.2. The Bertz CT molecular complexity index is 1140. The molecule has 16 heteroatoms. The fraction of sp³-hybridized carbons (Fsp3) is 0.875. The molecule has 2 atom stereocenters. The maximum atomic E-state index is 12.7. The number of ether oxygens (including phenoxy) is 2. The molecule has 1 aromatic rings. The van der Waals surface area contributed by atoms with Gasteiger partial charge in [-0.15, -0.1) is 0 Å². The number of halogens is 2. The summed E-state index contributed by atoms with van der Waals surface area (Å²) in [4.78, 5) is 48.9. The Balaban J connectivity index is 0.0000302. The van der Waals surface area contributed by atoms with E-state index in [2.05, 4.69) is 34.1 Å². The van der Waals surface area contributed by atoms with E-state index in [9.17, 15) is 19.0 Å². The zero-order valence-electron chi connectivity index (χ0n) is 35.0. The number of nitrogens with zero attached hydrogens (tertiary/aromatic N) is 3. The molecule has 1 rings (SSSR count). The molecule has 0 spiro atoms. The molecule has 1 heterocycles. The maximum absolute atomic E-state index is 12.7. The number of aromatic nitrogens is 3. The van der Waals surface area contributed by atoms with Gasteiger partial charge in [0.2, 0.25) is 16.5 Å². The third-order valence-corrected chi connectivity index (χ3v) is 10.6. The Morgan fingerprint density at radius 2 is 1.00 bits per heavy atom. The Morgan fingerprint density at radius 3 is 1.43 bits per heavy atom. The van der Waals surface area contributed by atoms with Crippen LogP contribution in [0.15, 0.2) is 0 Å². The summed E-state index contributed by atoms with van der Waals surface area (Å²) in [7, 11) is -4.80. The number of phosphoric ester groups is 1. The number of hydrogen-bond acceptors (Lipinski definition) is 12. The number of anilines is 1. The van der Waals surface area contributed by atoms with E-state index < -0.39 is 32.5 Å². The molecule has 0 bridgehead atoms. The predicted molar refractivity (Wildman–Crippen MR) is 219 cm³/mol. The van der Waals surface area contributed by atoms with Gasteiger partial charge in [0.25, 0.3) is 7.82 Å². The van der Waals surface area contributed by atoms with Crippen molar-refractivity contribution in [2.45, 2.75) is 200 Å². The van der Waals surface area contributed by atoms with Crippen LogP contribution in [0.5, 0.6) is 0 Å². The fourth-order valence-electron chi connectivity index (χ4n) is 6.13. The quantitative estimate of drug-likeness (QED) is 0.0291. The standard InChI is InChI=1S/C40H73Cl2N4O8P.Na/c1-3-5-7-9-11-13-15-17-19-21-23-25-27-29-36(47)51-33-35(34-53-55(49,50)52-32-31-43-40-45-38(41)44-39(42)46-40)54-37(48)30-28-26-24-22-20-18-16-14-12-10-8-6-4-2;/h35H,3-34H2,1-2H3,(H,49,50)(H,43,44,45,46);/q;+1/p-1/t35-;/m1./s1. The van der Waals surface area contributed by atoms with E-state index in [1.165, 1.54) is 116 Å². The van der Waals surface area contributed by atoms with Crippen molar-refractivity contribution in [3.05, 3.63) is 10.6 Å². The van der Waals surface area contributed by atoms with Gasteiger partial charge >= 0.3 is 41.5 Å². The molecule has 0 aliphatic heterocycles. The smallest absolute Gasteiger partial charge is 0.756 e. The molecule has 320 valence electrons. The van der Waals surface area contributed by atoms with Crippen molar-refractivity contribution in [1.82, 2.24) is 15.0 Å². The first-order valence-electron chi connectivity index (χ1n) is 21.4. The molecule has 0 fully saturated rings. The van der Waals surface area contributed by atoms with Crippen molar-refractivity contribution in [2.24, 2.45) is 0 Å². The molecule has 56 heavy (non-hydrogen) atoms. The second kappa shape index (κ2) is 38.6. The van der Waals surface area contributed by atoms with E-state index >= 15 is 0 Å². The Morgan fingerprint density at radius 1 is 0.607 bits per heavy atom. The molecule has 0 aromatic carbocycles. The summed E-state index contributed by atoms with van der Waals surface area (Å²) >= 11 is 11.5. The number of hydrogen-bond donors (Lipinski definition) is 1. The molecular formula is C40H72Cl2N4NaO8P. The number of esters is 2. The minimum absolute atomic E-state index is 0. The second-order valence-corrected chi connectivity index (χ2v) is 16.6. The van der Waals surface area contributed by atoms with Crippen LogP contribution >= 0.6 is 31.0 Å². The van der Waals surface area contributed by atoms with E-state index in [1.807, 2.05) is 0 Å². The first-order chi connectivity index (χ1) is 26.6. The first kappa shape index (κ1) is 55.4. The van der Waals surface area contributed by atoms with E-state index in [0.29, 0.717) is 12.8 Å². The molecule has 0 amide bonds. The van der Waals surface area contributed by atoms with Gasteiger partial charge in [-0.3, -0.25) is 14.2 Å². The molecule has 0 radical (unpaired) electrons. The molecule has 0 aliphatic carbocycles. The number of nitrogens with one attached hydrogen (secondary N) is 1. The molecule has 0 saturated heterocycles. The van der Waals surface area contributed by atoms with Crippen LogP contribution in [0.25, 0.3) is 0 Å². The van der Waals surface area contributed by atoms with Crippen molar-refractivity contribution in [3.63, 3.8) is 0 Å². The van der Waals surface area contributed by atoms with Crippen LogP contribution in [0.3, 0.4) is 0 Å². The summed E-state index contributed by atoms with van der Waals surface area (Å²) < 4.78 is 33.3. The summed E-state index contributed by atoms with van der Waals surface area (Å²) in [6.07, 6.45) is 30.4. The van der Waals surface area contributed by atoms with E-state index in [0.717, 1.165) is 38.5 Å². The number of unbranched alkanes of at least 4 members (excludes halogenated alkanes) is 24. The van der Waals surface area contributed by atoms with Crippen LogP contribution < -0.4 is 39.8 Å². The van der Waals surface area contributed by atoms with Gasteiger partial charge in [-0.1, -0.05) is 168 Å². The SMILES string of the molecule is CCCCCCCCCCCCCCCC(=O)OC[C@H](COP(=O)([O-])OCCNc1nc(Cl)nc(Cl)n1)OC(=O)CCCCCCCCCCCCCCC.[Na+]. The van der Waals surface area contributed by atoms with Gasteiger partial charge in [0.15, 0.2) is 6.10 Å². The van der Waals surface area contributed by atoms with Crippen molar-refractivity contribution >= 4 is 48.9 Å². The predicted octanol–water partition coefficient (Wildman–Crippen LogP) is 8.51. The van der Waals surface area contributed by atoms with E-state index in [-0.39, 0.29) is 78.7 Å². The molecule has 12 nitrogen and oxygen atoms in total. The van der Waals surface area contributed by atoms with Crippen LogP contribution in [0, 0.1) is 0 Å². The van der Waals surface area contributed by atoms with Gasteiger partial charge in [0, 0.05) is 19.4 Å². The minimum Gasteiger partial charge on any atom is -0.756 e. The number of carbonyl (C=O) groups is 2. The third kappa shape index (κ3) is 35.4. The summed E-state index contributed by atoms with van der Waals surface area (Å²) in [6, 6.07) is 0. The van der Waals surface area contributed by atoms with Gasteiger partial charge in [-0.05, 0) is 36.0 Å². The number of phosphoric acid groups is 1. The number of carbonyl (C=O) groups excluding carboxylic acids is 2. The fourth-order valence-corrected chi connectivity index (χ4v) is 7.23. The van der Waals surface area contributed by atoms with E-state index in [1.54, 1.807) is 0 Å². The largest absolute Gasteiger partial charge is 1.00 e. The van der Waals surface area contributed by atoms with Crippen LogP contribution in [-0.4, -0.2) is 59.4 Å². The summed E-state index contributed by atoms with van der Waals surface area (Å²) in [6.45, 7) is 3.28. The minimum atomic E-state index is -4.80. The van der Waals surface area contributed by atoms with Crippen molar-refractivity contribution in [1.29, 1.82) is 0 Å². The monoisotopic (exact) mass is 860 g/mol. The van der Waals surface area contributed by atoms with Gasteiger partial charge in [0.05, 0.1) is 13.2 Å². The normalized spacial score (nSPS) is 12.8. The molecule has 1 aromatic heterocycles. The Labute approximate surface area is 370 Å². The molecule has 1 unspecified atom stereocenters. The molecular weight excluding hydrogens is 789 g/mol. The second-order valence-electron chi connectivity index (χ2n) is 14.5. The van der Waals surface area contributed by atoms with Crippen molar-refractivity contribution in [3.8, 4) is 0 Å². The van der Waals surface area contributed by atoms with Crippen LogP contribution in [-0.2, 0) is 32.7 Å². The average Bonchev–Trinajstić information content (AvgIpc) is 3.14. The van der Waals surface area contributed by atoms with Crippen molar-refractivity contribution in [2.75, 3.05) is 31.7 Å².